The van der Waals surface area contributed by atoms with Crippen molar-refractivity contribution in [3.05, 3.63) is 289 Å². The summed E-state index contributed by atoms with van der Waals surface area (Å²) in [5.41, 5.74) is 18.2. The van der Waals surface area contributed by atoms with Crippen LogP contribution in [0.2, 0.25) is 0 Å². The molecule has 0 saturated carbocycles. The second kappa shape index (κ2) is 22.6. The van der Waals surface area contributed by atoms with Gasteiger partial charge in [0.15, 0.2) is 34.9 Å². The second-order valence-corrected chi connectivity index (χ2v) is 31.5. The lowest BCUT2D eigenvalue weighted by Crippen LogP contribution is -2.43. The van der Waals surface area contributed by atoms with Gasteiger partial charge in [-0.15, -0.1) is 22.7 Å². The number of furan rings is 1. The number of hydrogen-bond donors (Lipinski definition) is 0. The molecule has 101 heavy (non-hydrogen) atoms. The number of hydrogen-bond acceptors (Lipinski definition) is 9. The molecular formula is C92H68N6OS2. The minimum absolute atomic E-state index is 0.0562. The van der Waals surface area contributed by atoms with E-state index in [4.69, 9.17) is 34.3 Å². The SMILES string of the molecule is CC1(C)c2cc3sc4ccc(-c5nc(-c6ccccc6)nc(-c6cccc7oc8ccccc8c67)n5)cc4c3cc2-c2ccc3ccccc3c2C1(C)C.CC1(C)c2cc3sc4ccc(-c5nc(-c6ccccc6)nc(-c6ccccc6)n5)cc4c3cc2-c2ccc3ccccc3c2C1(C)C. The molecule has 0 aliphatic heterocycles. The van der Waals surface area contributed by atoms with Gasteiger partial charge in [-0.2, -0.15) is 0 Å². The molecule has 0 bridgehead atoms. The number of para-hydroxylation sites is 1. The Kier molecular flexibility index (Phi) is 13.6. The zero-order valence-corrected chi connectivity index (χ0v) is 58.9. The van der Waals surface area contributed by atoms with E-state index in [1.807, 2.05) is 108 Å². The predicted octanol–water partition coefficient (Wildman–Crippen LogP) is 25.2. The highest BCUT2D eigenvalue weighted by Gasteiger charge is 2.48. The summed E-state index contributed by atoms with van der Waals surface area (Å²) in [5, 5.41) is 12.3. The van der Waals surface area contributed by atoms with E-state index in [1.165, 1.54) is 106 Å². The first kappa shape index (κ1) is 60.8. The Bertz CT molecular complexity index is 6400. The van der Waals surface area contributed by atoms with Gasteiger partial charge in [-0.3, -0.25) is 0 Å². The Morgan fingerprint density at radius 1 is 0.248 bits per heavy atom. The van der Waals surface area contributed by atoms with Crippen molar-refractivity contribution >= 4 is 107 Å². The van der Waals surface area contributed by atoms with Gasteiger partial charge in [-0.1, -0.05) is 250 Å². The molecule has 2 aliphatic carbocycles. The van der Waals surface area contributed by atoms with Crippen LogP contribution in [-0.2, 0) is 21.7 Å². The number of rotatable bonds is 6. The molecule has 484 valence electrons. The summed E-state index contributed by atoms with van der Waals surface area (Å²) >= 11 is 3.73. The molecule has 7 nitrogen and oxygen atoms in total. The van der Waals surface area contributed by atoms with E-state index < -0.39 is 0 Å². The number of benzene rings is 13. The summed E-state index contributed by atoms with van der Waals surface area (Å²) in [6.07, 6.45) is 0. The van der Waals surface area contributed by atoms with Crippen molar-refractivity contribution < 1.29 is 4.42 Å². The highest BCUT2D eigenvalue weighted by Crippen LogP contribution is 2.59. The van der Waals surface area contributed by atoms with Crippen LogP contribution < -0.4 is 0 Å². The van der Waals surface area contributed by atoms with E-state index in [-0.39, 0.29) is 21.7 Å². The third kappa shape index (κ3) is 9.43. The zero-order chi connectivity index (χ0) is 68.3. The Balaban J connectivity index is 0.000000142. The first-order valence-corrected chi connectivity index (χ1v) is 36.4. The summed E-state index contributed by atoms with van der Waals surface area (Å²) in [4.78, 5) is 30.4. The first-order chi connectivity index (χ1) is 49.1. The van der Waals surface area contributed by atoms with Crippen molar-refractivity contribution in [3.8, 4) is 90.6 Å². The number of aromatic nitrogens is 6. The smallest absolute Gasteiger partial charge is 0.164 e. The topological polar surface area (TPSA) is 90.5 Å². The molecule has 0 radical (unpaired) electrons. The Morgan fingerprint density at radius 3 is 1.08 bits per heavy atom. The Labute approximate surface area is 593 Å². The number of fused-ring (bicyclic) bond motifs is 19. The molecule has 0 amide bonds. The van der Waals surface area contributed by atoms with Crippen molar-refractivity contribution in [2.75, 3.05) is 0 Å². The molecule has 2 aliphatic rings. The molecule has 9 heteroatoms. The van der Waals surface area contributed by atoms with Gasteiger partial charge in [0.25, 0.3) is 0 Å². The molecule has 0 unspecified atom stereocenters. The maximum absolute atomic E-state index is 6.26. The van der Waals surface area contributed by atoms with Gasteiger partial charge in [-0.25, -0.2) is 29.9 Å². The van der Waals surface area contributed by atoms with E-state index in [9.17, 15) is 0 Å². The van der Waals surface area contributed by atoms with Crippen molar-refractivity contribution in [2.24, 2.45) is 0 Å². The van der Waals surface area contributed by atoms with Gasteiger partial charge in [0.05, 0.1) is 0 Å². The summed E-state index contributed by atoms with van der Waals surface area (Å²) in [6, 6.07) is 94.9. The molecule has 5 aromatic heterocycles. The standard InChI is InChI=1S/C49H35N3OS.C43H33N3S/c1-48(2)38-27-42-37(26-35(38)32-23-21-28-13-8-9-16-31(28)44(32)49(48,3)4)36-25-30(22-24-41(36)54-42)46-50-45(29-14-6-5-7-15-29)51-47(52-46)34-18-12-20-40-43(34)33-17-10-11-19-39(33)53-40;1-42(2)35-25-37-34(24-32(35)31-21-19-26-13-11-12-18-30(26)38(31)43(42,3)4)33-23-29(20-22-36(33)47-37)41-45-39(27-14-7-5-8-15-27)44-40(46-41)28-16-9-6-10-17-28/h5-27H,1-4H3;5-25H,1-4H3. The van der Waals surface area contributed by atoms with E-state index >= 15 is 0 Å². The van der Waals surface area contributed by atoms with Crippen LogP contribution in [0.1, 0.15) is 77.6 Å². The fourth-order valence-electron chi connectivity index (χ4n) is 16.3. The molecule has 0 spiro atoms. The van der Waals surface area contributed by atoms with E-state index in [1.54, 1.807) is 0 Å². The van der Waals surface area contributed by atoms with Gasteiger partial charge >= 0.3 is 0 Å². The van der Waals surface area contributed by atoms with Gasteiger partial charge in [0.1, 0.15) is 11.2 Å². The fraction of sp³-hybridized carbons (Fsp3) is 0.130. The second-order valence-electron chi connectivity index (χ2n) is 29.3. The summed E-state index contributed by atoms with van der Waals surface area (Å²) in [5.74, 6) is 3.92. The van der Waals surface area contributed by atoms with Crippen LogP contribution in [0.25, 0.3) is 174 Å². The average Bonchev–Trinajstić information content (AvgIpc) is 1.58. The van der Waals surface area contributed by atoms with Crippen molar-refractivity contribution in [3.63, 3.8) is 0 Å². The molecule has 18 aromatic rings. The van der Waals surface area contributed by atoms with Crippen molar-refractivity contribution in [1.82, 2.24) is 29.9 Å². The Morgan fingerprint density at radius 2 is 0.624 bits per heavy atom. The molecule has 20 rings (SSSR count). The van der Waals surface area contributed by atoms with Crippen LogP contribution in [0.15, 0.2) is 271 Å². The van der Waals surface area contributed by atoms with Crippen LogP contribution in [0, 0.1) is 0 Å². The quantitative estimate of drug-likeness (QED) is 0.164. The monoisotopic (exact) mass is 1340 g/mol. The summed E-state index contributed by atoms with van der Waals surface area (Å²) in [7, 11) is 0. The lowest BCUT2D eigenvalue weighted by molar-refractivity contribution is 0.301. The van der Waals surface area contributed by atoms with Gasteiger partial charge in [0.2, 0.25) is 0 Å². The van der Waals surface area contributed by atoms with Crippen LogP contribution in [0.3, 0.4) is 0 Å². The van der Waals surface area contributed by atoms with E-state index in [0.717, 1.165) is 55.3 Å². The maximum atomic E-state index is 6.26. The molecule has 0 fully saturated rings. The molecule has 0 atom stereocenters. The first-order valence-electron chi connectivity index (χ1n) is 34.7. The highest BCUT2D eigenvalue weighted by atomic mass is 32.1. The normalized spacial score (nSPS) is 14.7. The third-order valence-electron chi connectivity index (χ3n) is 22.9. The average molecular weight is 1340 g/mol. The minimum atomic E-state index is -0.0900. The zero-order valence-electron chi connectivity index (χ0n) is 57.3. The highest BCUT2D eigenvalue weighted by molar-refractivity contribution is 7.26. The number of thiophene rings is 2. The largest absolute Gasteiger partial charge is 0.456 e. The van der Waals surface area contributed by atoms with Crippen molar-refractivity contribution in [1.29, 1.82) is 0 Å². The van der Waals surface area contributed by atoms with Crippen LogP contribution in [-0.4, -0.2) is 29.9 Å². The fourth-order valence-corrected chi connectivity index (χ4v) is 18.5. The molecule has 0 saturated heterocycles. The lowest BCUT2D eigenvalue weighted by Gasteiger charge is -2.49. The molecule has 5 heterocycles. The van der Waals surface area contributed by atoms with Crippen LogP contribution in [0.5, 0.6) is 0 Å². The predicted molar refractivity (Wildman–Crippen MR) is 423 cm³/mol. The molecule has 13 aromatic carbocycles. The van der Waals surface area contributed by atoms with E-state index in [2.05, 4.69) is 237 Å². The Hall–Kier alpha value is -11.4. The minimum Gasteiger partial charge on any atom is -0.456 e. The van der Waals surface area contributed by atoms with Gasteiger partial charge in [0, 0.05) is 95.3 Å². The van der Waals surface area contributed by atoms with Gasteiger partial charge in [-0.05, 0) is 150 Å². The number of nitrogens with zero attached hydrogens (tertiary/aromatic N) is 6. The van der Waals surface area contributed by atoms with Crippen molar-refractivity contribution in [2.45, 2.75) is 77.0 Å². The van der Waals surface area contributed by atoms with Crippen LogP contribution in [0.4, 0.5) is 0 Å². The molecule has 0 N–H and O–H groups in total. The summed E-state index contributed by atoms with van der Waals surface area (Å²) in [6.45, 7) is 19.4. The summed E-state index contributed by atoms with van der Waals surface area (Å²) < 4.78 is 11.4. The van der Waals surface area contributed by atoms with Crippen LogP contribution >= 0.6 is 22.7 Å². The maximum Gasteiger partial charge on any atom is 0.164 e. The van der Waals surface area contributed by atoms with Gasteiger partial charge < -0.3 is 4.42 Å². The third-order valence-corrected chi connectivity index (χ3v) is 25.2. The lowest BCUT2D eigenvalue weighted by atomic mass is 9.54. The molecular weight excluding hydrogens is 1270 g/mol. The van der Waals surface area contributed by atoms with E-state index in [0.29, 0.717) is 34.9 Å².